The molecule has 2 atom stereocenters. The van der Waals surface area contributed by atoms with Gasteiger partial charge in [-0.2, -0.15) is 0 Å². The molecule has 1 aliphatic carbocycles. The van der Waals surface area contributed by atoms with E-state index >= 15 is 0 Å². The molecular formula is C21H29IN4O. The van der Waals surface area contributed by atoms with Crippen LogP contribution in [0.3, 0.4) is 0 Å². The number of nitrogens with one attached hydrogen (secondary N) is 2. The molecule has 0 amide bonds. The lowest BCUT2D eigenvalue weighted by Crippen LogP contribution is -2.44. The number of aliphatic imine (C=N–C) groups is 1. The van der Waals surface area contributed by atoms with E-state index in [-0.39, 0.29) is 30.0 Å². The van der Waals surface area contributed by atoms with Crippen LogP contribution in [0.4, 0.5) is 0 Å². The molecule has 5 nitrogen and oxygen atoms in total. The molecule has 2 heterocycles. The minimum absolute atomic E-state index is 0. The van der Waals surface area contributed by atoms with Crippen molar-refractivity contribution in [3.05, 3.63) is 59.5 Å². The third kappa shape index (κ3) is 4.66. The fourth-order valence-electron chi connectivity index (χ4n) is 4.12. The van der Waals surface area contributed by atoms with Crippen LogP contribution in [0.1, 0.15) is 41.7 Å². The number of hydrogen-bond donors (Lipinski definition) is 2. The van der Waals surface area contributed by atoms with Gasteiger partial charge < -0.3 is 15.1 Å². The number of hydrogen-bond acceptors (Lipinski definition) is 3. The highest BCUT2D eigenvalue weighted by Crippen LogP contribution is 2.34. The topological polar surface area (TPSA) is 52.8 Å². The zero-order valence-electron chi connectivity index (χ0n) is 15.9. The molecule has 1 aromatic heterocycles. The van der Waals surface area contributed by atoms with Gasteiger partial charge in [0.25, 0.3) is 0 Å². The Bertz CT molecular complexity index is 740. The Morgan fingerprint density at radius 1 is 1.19 bits per heavy atom. The summed E-state index contributed by atoms with van der Waals surface area (Å²) in [7, 11) is 1.84. The Hall–Kier alpha value is -1.54. The average molecular weight is 480 g/mol. The first-order valence-electron chi connectivity index (χ1n) is 9.65. The molecule has 2 aliphatic rings. The number of rotatable bonds is 6. The molecule has 0 radical (unpaired) electrons. The third-order valence-corrected chi connectivity index (χ3v) is 5.62. The second-order valence-corrected chi connectivity index (χ2v) is 7.21. The summed E-state index contributed by atoms with van der Waals surface area (Å²) in [5.74, 6) is 2.48. The van der Waals surface area contributed by atoms with Crippen molar-refractivity contribution < 1.29 is 4.42 Å². The molecule has 6 heteroatoms. The van der Waals surface area contributed by atoms with E-state index < -0.39 is 0 Å². The van der Waals surface area contributed by atoms with Crippen LogP contribution >= 0.6 is 24.0 Å². The van der Waals surface area contributed by atoms with Crippen molar-refractivity contribution in [3.63, 3.8) is 0 Å². The summed E-state index contributed by atoms with van der Waals surface area (Å²) in [4.78, 5) is 6.90. The molecule has 1 aromatic carbocycles. The summed E-state index contributed by atoms with van der Waals surface area (Å²) in [5, 5.41) is 6.99. The van der Waals surface area contributed by atoms with Crippen LogP contribution in [0.25, 0.3) is 0 Å². The molecule has 2 unspecified atom stereocenters. The van der Waals surface area contributed by atoms with E-state index in [1.54, 1.807) is 6.26 Å². The minimum Gasteiger partial charge on any atom is -0.468 e. The first-order valence-corrected chi connectivity index (χ1v) is 9.65. The number of likely N-dealkylation sites (tertiary alicyclic amines) is 1. The van der Waals surface area contributed by atoms with E-state index in [2.05, 4.69) is 50.9 Å². The largest absolute Gasteiger partial charge is 0.468 e. The van der Waals surface area contributed by atoms with Crippen LogP contribution in [-0.2, 0) is 6.42 Å². The predicted octanol–water partition coefficient (Wildman–Crippen LogP) is 3.54. The first kappa shape index (κ1) is 20.2. The molecule has 4 rings (SSSR count). The molecule has 0 saturated carbocycles. The van der Waals surface area contributed by atoms with Gasteiger partial charge in [-0.05, 0) is 55.6 Å². The molecule has 1 aliphatic heterocycles. The summed E-state index contributed by atoms with van der Waals surface area (Å²) < 4.78 is 5.70. The molecule has 146 valence electrons. The molecule has 0 spiro atoms. The van der Waals surface area contributed by atoms with Gasteiger partial charge in [-0.3, -0.25) is 9.89 Å². The van der Waals surface area contributed by atoms with Crippen molar-refractivity contribution in [3.8, 4) is 0 Å². The summed E-state index contributed by atoms with van der Waals surface area (Å²) in [6, 6.07) is 13.0. The van der Waals surface area contributed by atoms with Gasteiger partial charge in [0.2, 0.25) is 0 Å². The number of halogens is 1. The second kappa shape index (κ2) is 9.59. The number of furan rings is 1. The molecule has 1 fully saturated rings. The van der Waals surface area contributed by atoms with Crippen LogP contribution in [0.2, 0.25) is 0 Å². The summed E-state index contributed by atoms with van der Waals surface area (Å²) in [5.41, 5.74) is 2.95. The maximum atomic E-state index is 5.70. The van der Waals surface area contributed by atoms with Crippen molar-refractivity contribution in [2.24, 2.45) is 4.99 Å². The highest BCUT2D eigenvalue weighted by Gasteiger charge is 2.27. The minimum atomic E-state index is 0. The van der Waals surface area contributed by atoms with E-state index in [9.17, 15) is 0 Å². The normalized spacial score (nSPS) is 20.3. The monoisotopic (exact) mass is 480 g/mol. The van der Waals surface area contributed by atoms with Gasteiger partial charge in [0.05, 0.1) is 12.3 Å². The fourth-order valence-corrected chi connectivity index (χ4v) is 4.12. The number of guanidine groups is 1. The zero-order valence-corrected chi connectivity index (χ0v) is 18.2. The molecular weight excluding hydrogens is 451 g/mol. The van der Waals surface area contributed by atoms with Crippen LogP contribution in [0, 0.1) is 0 Å². The van der Waals surface area contributed by atoms with E-state index in [1.165, 1.54) is 24.0 Å². The quantitative estimate of drug-likeness (QED) is 0.378. The zero-order chi connectivity index (χ0) is 17.8. The lowest BCUT2D eigenvalue weighted by Gasteiger charge is -2.31. The number of nitrogens with zero attached hydrogens (tertiary/aromatic N) is 2. The lowest BCUT2D eigenvalue weighted by molar-refractivity contribution is 0.215. The Kier molecular flexibility index (Phi) is 7.18. The number of fused-ring (bicyclic) bond motifs is 1. The Morgan fingerprint density at radius 2 is 2.00 bits per heavy atom. The van der Waals surface area contributed by atoms with Gasteiger partial charge >= 0.3 is 0 Å². The third-order valence-electron chi connectivity index (χ3n) is 5.62. The van der Waals surface area contributed by atoms with E-state index in [0.29, 0.717) is 5.92 Å². The van der Waals surface area contributed by atoms with E-state index in [0.717, 1.165) is 44.3 Å². The van der Waals surface area contributed by atoms with Gasteiger partial charge in [-0.15, -0.1) is 24.0 Å². The van der Waals surface area contributed by atoms with Gasteiger partial charge in [-0.25, -0.2) is 0 Å². The SMILES string of the molecule is CN=C(NCC1Cc2ccccc21)NCC(c1ccco1)N1CCCC1.I. The summed E-state index contributed by atoms with van der Waals surface area (Å²) in [6.07, 6.45) is 5.46. The molecule has 2 N–H and O–H groups in total. The summed E-state index contributed by atoms with van der Waals surface area (Å²) >= 11 is 0. The van der Waals surface area contributed by atoms with Crippen molar-refractivity contribution in [1.82, 2.24) is 15.5 Å². The van der Waals surface area contributed by atoms with Crippen molar-refractivity contribution in [2.45, 2.75) is 31.2 Å². The Morgan fingerprint density at radius 3 is 2.70 bits per heavy atom. The van der Waals surface area contributed by atoms with Crippen molar-refractivity contribution in [2.75, 3.05) is 33.2 Å². The van der Waals surface area contributed by atoms with E-state index in [1.807, 2.05) is 13.1 Å². The standard InChI is InChI=1S/C21H28N4O.HI/c1-22-21(23-14-17-13-16-7-2-3-8-18(16)17)24-15-19(20-9-6-12-26-20)25-10-4-5-11-25;/h2-3,6-9,12,17,19H,4-5,10-11,13-15H2,1H3,(H2,22,23,24);1H. The highest BCUT2D eigenvalue weighted by molar-refractivity contribution is 14.0. The average Bonchev–Trinajstić information content (AvgIpc) is 3.35. The molecule has 1 saturated heterocycles. The highest BCUT2D eigenvalue weighted by atomic mass is 127. The maximum Gasteiger partial charge on any atom is 0.191 e. The maximum absolute atomic E-state index is 5.70. The first-order chi connectivity index (χ1) is 12.8. The van der Waals surface area contributed by atoms with Crippen molar-refractivity contribution >= 4 is 29.9 Å². The van der Waals surface area contributed by atoms with Gasteiger partial charge in [0.1, 0.15) is 5.76 Å². The second-order valence-electron chi connectivity index (χ2n) is 7.21. The van der Waals surface area contributed by atoms with Crippen LogP contribution in [0.5, 0.6) is 0 Å². The lowest BCUT2D eigenvalue weighted by atomic mass is 9.78. The van der Waals surface area contributed by atoms with Gasteiger partial charge in [0.15, 0.2) is 5.96 Å². The van der Waals surface area contributed by atoms with Crippen LogP contribution in [0.15, 0.2) is 52.1 Å². The van der Waals surface area contributed by atoms with Gasteiger partial charge in [-0.1, -0.05) is 24.3 Å². The van der Waals surface area contributed by atoms with Gasteiger partial charge in [0, 0.05) is 26.1 Å². The Balaban J connectivity index is 0.00000210. The molecule has 27 heavy (non-hydrogen) atoms. The summed E-state index contributed by atoms with van der Waals surface area (Å²) in [6.45, 7) is 4.00. The molecule has 2 aromatic rings. The number of benzene rings is 1. The van der Waals surface area contributed by atoms with Crippen LogP contribution < -0.4 is 10.6 Å². The Labute approximate surface area is 178 Å². The van der Waals surface area contributed by atoms with E-state index in [4.69, 9.17) is 4.42 Å². The fraction of sp³-hybridized carbons (Fsp3) is 0.476. The van der Waals surface area contributed by atoms with Crippen molar-refractivity contribution in [1.29, 1.82) is 0 Å². The molecule has 0 bridgehead atoms. The predicted molar refractivity (Wildman–Crippen MR) is 120 cm³/mol. The smallest absolute Gasteiger partial charge is 0.191 e. The van der Waals surface area contributed by atoms with Crippen LogP contribution in [-0.4, -0.2) is 44.1 Å².